The van der Waals surface area contributed by atoms with Crippen LogP contribution in [0.4, 0.5) is 23.1 Å². The summed E-state index contributed by atoms with van der Waals surface area (Å²) in [5.74, 6) is 1.04. The Balaban J connectivity index is 1.58. The van der Waals surface area contributed by atoms with Gasteiger partial charge in [-0.1, -0.05) is 0 Å². The van der Waals surface area contributed by atoms with E-state index in [1.54, 1.807) is 18.3 Å². The Morgan fingerprint density at radius 3 is 2.39 bits per heavy atom. The minimum Gasteiger partial charge on any atom is -0.340 e. The van der Waals surface area contributed by atoms with E-state index in [0.717, 1.165) is 22.2 Å². The molecule has 31 heavy (non-hydrogen) atoms. The molecule has 0 aliphatic rings. The standard InChI is InChI=1S/C21H23N7O2S/c1-13(2)28-19-10-17(5-4-15(19)12-24-28)25-20-14(3)11-23-21(27-20)26-16-6-8-18(9-7-16)31(22,29)30/h4-13H,1-3H3,(H2,22,29,30)(H2,23,25,26,27). The minimum absolute atomic E-state index is 0.0428. The van der Waals surface area contributed by atoms with Crippen LogP contribution in [0.3, 0.4) is 0 Å². The number of primary sulfonamides is 1. The van der Waals surface area contributed by atoms with Gasteiger partial charge in [0.15, 0.2) is 0 Å². The summed E-state index contributed by atoms with van der Waals surface area (Å²) < 4.78 is 24.8. The number of fused-ring (bicyclic) bond motifs is 1. The largest absolute Gasteiger partial charge is 0.340 e. The van der Waals surface area contributed by atoms with Crippen LogP contribution in [0, 0.1) is 6.92 Å². The van der Waals surface area contributed by atoms with Crippen molar-refractivity contribution in [2.24, 2.45) is 5.14 Å². The molecule has 160 valence electrons. The van der Waals surface area contributed by atoms with Gasteiger partial charge in [-0.15, -0.1) is 0 Å². The zero-order valence-corrected chi connectivity index (χ0v) is 18.2. The van der Waals surface area contributed by atoms with Gasteiger partial charge in [-0.3, -0.25) is 4.68 Å². The SMILES string of the molecule is Cc1cnc(Nc2ccc(S(N)(=O)=O)cc2)nc1Nc1ccc2cnn(C(C)C)c2c1. The van der Waals surface area contributed by atoms with E-state index >= 15 is 0 Å². The molecule has 0 aliphatic heterocycles. The Morgan fingerprint density at radius 1 is 1.00 bits per heavy atom. The number of nitrogens with one attached hydrogen (secondary N) is 2. The highest BCUT2D eigenvalue weighted by Crippen LogP contribution is 2.25. The fourth-order valence-electron chi connectivity index (χ4n) is 3.15. The predicted octanol–water partition coefficient (Wildman–Crippen LogP) is 3.85. The number of nitrogens with two attached hydrogens (primary N) is 1. The Bertz CT molecular complexity index is 1350. The van der Waals surface area contributed by atoms with Crippen LogP contribution in [0.1, 0.15) is 25.5 Å². The van der Waals surface area contributed by atoms with Crippen molar-refractivity contribution < 1.29 is 8.42 Å². The van der Waals surface area contributed by atoms with Crippen LogP contribution in [0.15, 0.2) is 59.8 Å². The lowest BCUT2D eigenvalue weighted by Gasteiger charge is -2.12. The van der Waals surface area contributed by atoms with Gasteiger partial charge in [0.1, 0.15) is 5.82 Å². The maximum atomic E-state index is 11.4. The summed E-state index contributed by atoms with van der Waals surface area (Å²) in [6, 6.07) is 12.4. The number of anilines is 4. The molecule has 0 unspecified atom stereocenters. The number of aryl methyl sites for hydroxylation is 1. The van der Waals surface area contributed by atoms with Crippen LogP contribution in [-0.4, -0.2) is 28.2 Å². The summed E-state index contributed by atoms with van der Waals surface area (Å²) in [5, 5.41) is 17.1. The number of rotatable bonds is 6. The first-order valence-corrected chi connectivity index (χ1v) is 11.2. The van der Waals surface area contributed by atoms with Gasteiger partial charge in [0.25, 0.3) is 0 Å². The first kappa shape index (κ1) is 20.8. The minimum atomic E-state index is -3.73. The second-order valence-corrected chi connectivity index (χ2v) is 9.06. The highest BCUT2D eigenvalue weighted by molar-refractivity contribution is 7.89. The van der Waals surface area contributed by atoms with Crippen molar-refractivity contribution in [1.29, 1.82) is 0 Å². The number of sulfonamides is 1. The third kappa shape index (κ3) is 4.49. The molecule has 4 aromatic rings. The average molecular weight is 438 g/mol. The average Bonchev–Trinajstić information content (AvgIpc) is 3.14. The van der Waals surface area contributed by atoms with Crippen LogP contribution in [0.5, 0.6) is 0 Å². The van der Waals surface area contributed by atoms with Crippen LogP contribution < -0.4 is 15.8 Å². The Morgan fingerprint density at radius 2 is 1.71 bits per heavy atom. The van der Waals surface area contributed by atoms with Gasteiger partial charge in [-0.2, -0.15) is 10.1 Å². The highest BCUT2D eigenvalue weighted by Gasteiger charge is 2.10. The topological polar surface area (TPSA) is 128 Å². The molecule has 0 saturated heterocycles. The number of benzene rings is 2. The summed E-state index contributed by atoms with van der Waals surface area (Å²) in [6.07, 6.45) is 3.57. The van der Waals surface area contributed by atoms with E-state index in [1.807, 2.05) is 36.0 Å². The van der Waals surface area contributed by atoms with Crippen molar-refractivity contribution in [2.45, 2.75) is 31.7 Å². The molecule has 0 aliphatic carbocycles. The van der Waals surface area contributed by atoms with Gasteiger partial charge in [0, 0.05) is 34.6 Å². The number of nitrogens with zero attached hydrogens (tertiary/aromatic N) is 4. The van der Waals surface area contributed by atoms with Crippen molar-refractivity contribution >= 4 is 44.1 Å². The molecule has 0 radical (unpaired) electrons. The summed E-state index contributed by atoms with van der Waals surface area (Å²) in [7, 11) is -3.73. The van der Waals surface area contributed by atoms with Crippen LogP contribution in [-0.2, 0) is 10.0 Å². The second kappa shape index (κ2) is 7.97. The molecule has 0 amide bonds. The van der Waals surface area contributed by atoms with Crippen LogP contribution in [0.25, 0.3) is 10.9 Å². The first-order chi connectivity index (χ1) is 14.7. The van der Waals surface area contributed by atoms with Gasteiger partial charge in [0.05, 0.1) is 16.6 Å². The van der Waals surface area contributed by atoms with E-state index in [2.05, 4.69) is 39.5 Å². The normalized spacial score (nSPS) is 11.8. The molecule has 0 atom stereocenters. The van der Waals surface area contributed by atoms with Gasteiger partial charge in [-0.25, -0.2) is 18.5 Å². The quantitative estimate of drug-likeness (QED) is 0.418. The summed E-state index contributed by atoms with van der Waals surface area (Å²) >= 11 is 0. The van der Waals surface area contributed by atoms with Crippen LogP contribution in [0.2, 0.25) is 0 Å². The molecular formula is C21H23N7O2S. The summed E-state index contributed by atoms with van der Waals surface area (Å²) in [6.45, 7) is 6.10. The zero-order valence-electron chi connectivity index (χ0n) is 17.4. The van der Waals surface area contributed by atoms with Crippen LogP contribution >= 0.6 is 0 Å². The van der Waals surface area contributed by atoms with Gasteiger partial charge in [0.2, 0.25) is 16.0 Å². The van der Waals surface area contributed by atoms with Gasteiger partial charge >= 0.3 is 0 Å². The lowest BCUT2D eigenvalue weighted by Crippen LogP contribution is -2.11. The molecule has 0 saturated carbocycles. The molecule has 2 aromatic carbocycles. The van der Waals surface area contributed by atoms with E-state index in [1.165, 1.54) is 12.1 Å². The molecule has 0 spiro atoms. The predicted molar refractivity (Wildman–Crippen MR) is 121 cm³/mol. The fraction of sp³-hybridized carbons (Fsp3) is 0.190. The number of hydrogen-bond donors (Lipinski definition) is 3. The van der Waals surface area contributed by atoms with Crippen molar-refractivity contribution in [3.8, 4) is 0 Å². The molecule has 2 aromatic heterocycles. The molecule has 0 fully saturated rings. The Kier molecular flexibility index (Phi) is 5.34. The molecule has 4 rings (SSSR count). The maximum Gasteiger partial charge on any atom is 0.238 e. The van der Waals surface area contributed by atoms with E-state index in [4.69, 9.17) is 5.14 Å². The van der Waals surface area contributed by atoms with Crippen molar-refractivity contribution in [3.05, 3.63) is 60.4 Å². The third-order valence-electron chi connectivity index (χ3n) is 4.76. The summed E-state index contributed by atoms with van der Waals surface area (Å²) in [5.41, 5.74) is 3.46. The molecule has 9 nitrogen and oxygen atoms in total. The fourth-order valence-corrected chi connectivity index (χ4v) is 3.67. The lowest BCUT2D eigenvalue weighted by molar-refractivity contribution is 0.551. The van der Waals surface area contributed by atoms with Crippen molar-refractivity contribution in [1.82, 2.24) is 19.7 Å². The molecule has 4 N–H and O–H groups in total. The smallest absolute Gasteiger partial charge is 0.238 e. The van der Waals surface area contributed by atoms with Gasteiger partial charge < -0.3 is 10.6 Å². The number of aromatic nitrogens is 4. The van der Waals surface area contributed by atoms with E-state index in [-0.39, 0.29) is 10.9 Å². The number of hydrogen-bond acceptors (Lipinski definition) is 7. The molecule has 0 bridgehead atoms. The zero-order chi connectivity index (χ0) is 22.2. The van der Waals surface area contributed by atoms with E-state index < -0.39 is 10.0 Å². The second-order valence-electron chi connectivity index (χ2n) is 7.50. The Hall–Kier alpha value is -3.50. The lowest BCUT2D eigenvalue weighted by atomic mass is 10.2. The van der Waals surface area contributed by atoms with E-state index in [0.29, 0.717) is 17.5 Å². The third-order valence-corrected chi connectivity index (χ3v) is 5.69. The first-order valence-electron chi connectivity index (χ1n) is 9.68. The highest BCUT2D eigenvalue weighted by atomic mass is 32.2. The molecular weight excluding hydrogens is 414 g/mol. The molecule has 10 heteroatoms. The maximum absolute atomic E-state index is 11.4. The summed E-state index contributed by atoms with van der Waals surface area (Å²) in [4.78, 5) is 8.91. The Labute approximate surface area is 180 Å². The monoisotopic (exact) mass is 437 g/mol. The van der Waals surface area contributed by atoms with Crippen molar-refractivity contribution in [2.75, 3.05) is 10.6 Å². The molecule has 2 heterocycles. The van der Waals surface area contributed by atoms with Crippen molar-refractivity contribution in [3.63, 3.8) is 0 Å². The van der Waals surface area contributed by atoms with Gasteiger partial charge in [-0.05, 0) is 63.2 Å². The van der Waals surface area contributed by atoms with E-state index in [9.17, 15) is 8.42 Å².